The van der Waals surface area contributed by atoms with E-state index in [1.165, 1.54) is 0 Å². The van der Waals surface area contributed by atoms with Crippen molar-refractivity contribution in [1.82, 2.24) is 18.3 Å². The van der Waals surface area contributed by atoms with E-state index in [2.05, 4.69) is 43.6 Å². The molecule has 0 aromatic carbocycles. The van der Waals surface area contributed by atoms with Gasteiger partial charge >= 0.3 is 6.09 Å². The highest BCUT2D eigenvalue weighted by Gasteiger charge is 2.24. The summed E-state index contributed by atoms with van der Waals surface area (Å²) in [4.78, 5) is 62.5. The standard InChI is InChI=1S/C23H34N4O4S2.C18H26N4O2S2.ClH/c1-22(2,3)31-21(30)25-16-12-18(27(7)14-16)20(29)24-15-11-17(26(6)13-15)19(28)9-10-23(4,5)33-32-8;1-18(2,26-25-5)7-6-16(23)14-9-13(11-22(14)4)20-17(24)15-8-12(19)10-21(15)3;/h11-14H,9-10H2,1-8H3,(H,24,29)(H,25,30);8-11H,6-7,19H2,1-5H3,(H,20,24);1H. The molecule has 3 amide bonds. The van der Waals surface area contributed by atoms with Gasteiger partial charge in [-0.1, -0.05) is 43.2 Å². The number of carbonyl (C=O) groups excluding carboxylic acids is 5. The quantitative estimate of drug-likeness (QED) is 0.0586. The van der Waals surface area contributed by atoms with Crippen molar-refractivity contribution in [3.05, 3.63) is 71.8 Å². The molecule has 0 aliphatic heterocycles. The molecule has 4 rings (SSSR count). The highest BCUT2D eigenvalue weighted by molar-refractivity contribution is 8.77. The van der Waals surface area contributed by atoms with Gasteiger partial charge < -0.3 is 39.4 Å². The van der Waals surface area contributed by atoms with Crippen molar-refractivity contribution in [2.75, 3.05) is 34.2 Å². The Hall–Kier alpha value is -3.84. The number of ether oxygens (including phenoxy) is 1. The molecule has 0 saturated carbocycles. The first kappa shape index (κ1) is 52.3. The number of nitrogens with two attached hydrogens (primary N) is 1. The first-order valence-electron chi connectivity index (χ1n) is 18.9. The predicted octanol–water partition coefficient (Wildman–Crippen LogP) is 10.1. The van der Waals surface area contributed by atoms with Crippen LogP contribution in [0.4, 0.5) is 27.5 Å². The number of nitrogen functional groups attached to an aromatic ring is 1. The number of nitrogens with zero attached hydrogens (tertiary/aromatic N) is 4. The highest BCUT2D eigenvalue weighted by Crippen LogP contribution is 2.38. The maximum Gasteiger partial charge on any atom is 0.412 e. The van der Waals surface area contributed by atoms with Gasteiger partial charge in [0.25, 0.3) is 11.8 Å². The largest absolute Gasteiger partial charge is 0.444 e. The summed E-state index contributed by atoms with van der Waals surface area (Å²) in [5.41, 5.74) is 9.18. The van der Waals surface area contributed by atoms with Crippen LogP contribution in [-0.4, -0.2) is 75.3 Å². The van der Waals surface area contributed by atoms with Crippen LogP contribution in [-0.2, 0) is 32.9 Å². The zero-order valence-electron chi connectivity index (χ0n) is 36.8. The number of halogens is 1. The van der Waals surface area contributed by atoms with Crippen LogP contribution in [0.2, 0.25) is 0 Å². The molecule has 5 N–H and O–H groups in total. The Morgan fingerprint density at radius 3 is 1.30 bits per heavy atom. The van der Waals surface area contributed by atoms with E-state index in [4.69, 9.17) is 10.5 Å². The summed E-state index contributed by atoms with van der Waals surface area (Å²) < 4.78 is 12.1. The minimum absolute atomic E-state index is 0. The van der Waals surface area contributed by atoms with Crippen LogP contribution in [0.3, 0.4) is 0 Å². The summed E-state index contributed by atoms with van der Waals surface area (Å²) in [5, 5.41) is 8.28. The molecule has 0 bridgehead atoms. The highest BCUT2D eigenvalue weighted by atomic mass is 35.5. The molecule has 0 spiro atoms. The van der Waals surface area contributed by atoms with Crippen LogP contribution in [0.15, 0.2) is 49.1 Å². The average Bonchev–Trinajstić information content (AvgIpc) is 3.86. The van der Waals surface area contributed by atoms with Gasteiger partial charge in [-0.25, -0.2) is 4.79 Å². The Morgan fingerprint density at radius 2 is 0.933 bits per heavy atom. The van der Waals surface area contributed by atoms with Gasteiger partial charge in [0.2, 0.25) is 0 Å². The number of carbonyl (C=O) groups is 5. The van der Waals surface area contributed by atoms with Crippen LogP contribution >= 0.6 is 55.6 Å². The number of hydrogen-bond donors (Lipinski definition) is 4. The molecule has 60 heavy (non-hydrogen) atoms. The summed E-state index contributed by atoms with van der Waals surface area (Å²) in [7, 11) is 14.0. The molecule has 19 heteroatoms. The van der Waals surface area contributed by atoms with Crippen LogP contribution < -0.4 is 21.7 Å². The summed E-state index contributed by atoms with van der Waals surface area (Å²) in [5.74, 6) is -0.496. The van der Waals surface area contributed by atoms with Crippen molar-refractivity contribution in [1.29, 1.82) is 0 Å². The monoisotopic (exact) mass is 924 g/mol. The molecular formula is C41H61ClN8O6S4. The summed E-state index contributed by atoms with van der Waals surface area (Å²) in [6, 6.07) is 6.61. The smallest absolute Gasteiger partial charge is 0.412 e. The molecule has 0 fully saturated rings. The fraction of sp³-hybridized carbons (Fsp3) is 0.488. The van der Waals surface area contributed by atoms with Crippen LogP contribution in [0.1, 0.15) is 116 Å². The third kappa shape index (κ3) is 16.2. The molecule has 0 aliphatic carbocycles. The van der Waals surface area contributed by atoms with E-state index >= 15 is 0 Å². The van der Waals surface area contributed by atoms with E-state index in [1.54, 1.807) is 152 Å². The molecule has 4 aromatic rings. The molecule has 4 heterocycles. The lowest BCUT2D eigenvalue weighted by Gasteiger charge is -2.21. The van der Waals surface area contributed by atoms with Gasteiger partial charge in [0.1, 0.15) is 17.0 Å². The minimum atomic E-state index is -0.620. The number of Topliss-reactive ketones (excluding diaryl/α,β-unsaturated/α-hetero) is 2. The van der Waals surface area contributed by atoms with Crippen LogP contribution in [0.25, 0.3) is 0 Å². The Labute approximate surface area is 376 Å². The molecule has 0 atom stereocenters. The number of ketones is 2. The van der Waals surface area contributed by atoms with E-state index < -0.39 is 11.7 Å². The lowest BCUT2D eigenvalue weighted by Crippen LogP contribution is -2.27. The third-order valence-corrected chi connectivity index (χ3v) is 14.1. The summed E-state index contributed by atoms with van der Waals surface area (Å²) in [6.07, 6.45) is 12.7. The molecule has 0 radical (unpaired) electrons. The van der Waals surface area contributed by atoms with Crippen molar-refractivity contribution in [3.8, 4) is 0 Å². The molecule has 0 saturated heterocycles. The SMILES string of the molecule is CSSC(C)(C)CCC(=O)c1cc(NC(=O)c2cc(N)cn2C)cn1C.CSSC(C)(C)CCC(=O)c1cc(NC(=O)c2cc(NC(=O)OC(C)(C)C)cn2C)cn1C.Cl. The van der Waals surface area contributed by atoms with Crippen molar-refractivity contribution in [2.45, 2.75) is 89.2 Å². The van der Waals surface area contributed by atoms with Crippen molar-refractivity contribution in [2.24, 2.45) is 28.2 Å². The second-order valence-electron chi connectivity index (χ2n) is 16.3. The van der Waals surface area contributed by atoms with Crippen molar-refractivity contribution in [3.63, 3.8) is 0 Å². The van der Waals surface area contributed by atoms with Gasteiger partial charge in [-0.2, -0.15) is 0 Å². The average molecular weight is 926 g/mol. The zero-order valence-corrected chi connectivity index (χ0v) is 40.9. The second-order valence-corrected chi connectivity index (χ2v) is 22.6. The maximum atomic E-state index is 12.8. The first-order chi connectivity index (χ1) is 27.3. The molecule has 0 aliphatic rings. The Balaban J connectivity index is 0.000000418. The van der Waals surface area contributed by atoms with E-state index in [-0.39, 0.29) is 45.3 Å². The summed E-state index contributed by atoms with van der Waals surface area (Å²) >= 11 is 0. The molecule has 14 nitrogen and oxygen atoms in total. The van der Waals surface area contributed by atoms with Crippen molar-refractivity contribution < 1.29 is 28.7 Å². The number of anilines is 4. The van der Waals surface area contributed by atoms with Gasteiger partial charge in [-0.05, 0) is 98.1 Å². The normalized spacial score (nSPS) is 11.6. The zero-order chi connectivity index (χ0) is 44.5. The predicted molar refractivity (Wildman–Crippen MR) is 257 cm³/mol. The molecule has 4 aromatic heterocycles. The van der Waals surface area contributed by atoms with Crippen LogP contribution in [0, 0.1) is 0 Å². The lowest BCUT2D eigenvalue weighted by atomic mass is 10.0. The number of aromatic nitrogens is 4. The lowest BCUT2D eigenvalue weighted by molar-refractivity contribution is 0.0635. The van der Waals surface area contributed by atoms with E-state index in [0.717, 1.165) is 12.8 Å². The number of rotatable bonds is 17. The topological polar surface area (TPSA) is 176 Å². The van der Waals surface area contributed by atoms with Gasteiger partial charge in [-0.3, -0.25) is 24.5 Å². The minimum Gasteiger partial charge on any atom is -0.444 e. The number of nitrogens with one attached hydrogen (secondary N) is 3. The Morgan fingerprint density at radius 1 is 0.583 bits per heavy atom. The first-order valence-corrected chi connectivity index (χ1v) is 24.0. The van der Waals surface area contributed by atoms with E-state index in [1.807, 2.05) is 19.6 Å². The maximum absolute atomic E-state index is 12.8. The molecular weight excluding hydrogens is 864 g/mol. The number of amides is 3. The van der Waals surface area contributed by atoms with Gasteiger partial charge in [0.15, 0.2) is 11.6 Å². The summed E-state index contributed by atoms with van der Waals surface area (Å²) in [6.45, 7) is 13.9. The number of hydrogen-bond acceptors (Lipinski definition) is 11. The molecule has 332 valence electrons. The fourth-order valence-electron chi connectivity index (χ4n) is 5.93. The molecule has 0 unspecified atom stereocenters. The van der Waals surface area contributed by atoms with E-state index in [9.17, 15) is 24.0 Å². The van der Waals surface area contributed by atoms with Gasteiger partial charge in [-0.15, -0.1) is 12.4 Å². The third-order valence-electron chi connectivity index (χ3n) is 8.76. The van der Waals surface area contributed by atoms with Gasteiger partial charge in [0, 0.05) is 75.3 Å². The van der Waals surface area contributed by atoms with E-state index in [0.29, 0.717) is 58.4 Å². The second kappa shape index (κ2) is 22.3. The van der Waals surface area contributed by atoms with Crippen molar-refractivity contribution >= 4 is 108 Å². The Bertz CT molecular complexity index is 2130. The number of aryl methyl sites for hydroxylation is 4. The Kier molecular flexibility index (Phi) is 19.4. The van der Waals surface area contributed by atoms with Gasteiger partial charge in [0.05, 0.1) is 34.1 Å². The fourth-order valence-corrected chi connectivity index (χ4v) is 10.4. The van der Waals surface area contributed by atoms with Crippen LogP contribution in [0.5, 0.6) is 0 Å².